The van der Waals surface area contributed by atoms with Crippen molar-refractivity contribution in [2.24, 2.45) is 0 Å². The average Bonchev–Trinajstić information content (AvgIpc) is 3.10. The third-order valence-corrected chi connectivity index (χ3v) is 7.05. The number of imide groups is 1. The summed E-state index contributed by atoms with van der Waals surface area (Å²) in [5.41, 5.74) is 3.01. The zero-order valence-electron chi connectivity index (χ0n) is 20.4. The number of carbonyl (C=O) groups excluding carboxylic acids is 3. The highest BCUT2D eigenvalue weighted by Gasteiger charge is 2.38. The first-order valence-electron chi connectivity index (χ1n) is 11.6. The third kappa shape index (κ3) is 6.40. The van der Waals surface area contributed by atoms with Crippen molar-refractivity contribution >= 4 is 52.5 Å². The van der Waals surface area contributed by atoms with E-state index in [1.807, 2.05) is 31.2 Å². The molecule has 3 amide bonds. The van der Waals surface area contributed by atoms with Crippen molar-refractivity contribution in [3.8, 4) is 0 Å². The second-order valence-electron chi connectivity index (χ2n) is 8.36. The van der Waals surface area contributed by atoms with Gasteiger partial charge in [0.15, 0.2) is 0 Å². The van der Waals surface area contributed by atoms with Crippen molar-refractivity contribution in [2.75, 3.05) is 30.9 Å². The van der Waals surface area contributed by atoms with Gasteiger partial charge in [-0.3, -0.25) is 19.3 Å². The van der Waals surface area contributed by atoms with Gasteiger partial charge in [-0.05, 0) is 61.9 Å². The minimum atomic E-state index is -0.368. The number of nitrogens with one attached hydrogen (secondary N) is 2. The summed E-state index contributed by atoms with van der Waals surface area (Å²) < 4.78 is 5.08. The maximum atomic E-state index is 13.2. The topological polar surface area (TPSA) is 87.7 Å². The molecule has 0 unspecified atom stereocenters. The molecule has 0 bridgehead atoms. The number of carbonyl (C=O) groups is 3. The molecule has 0 aliphatic carbocycles. The molecule has 9 heteroatoms. The van der Waals surface area contributed by atoms with Gasteiger partial charge in [0.05, 0.1) is 10.6 Å². The van der Waals surface area contributed by atoms with Crippen LogP contribution in [0.25, 0.3) is 0 Å². The second kappa shape index (κ2) is 12.1. The molecule has 1 aliphatic heterocycles. The van der Waals surface area contributed by atoms with E-state index in [1.54, 1.807) is 55.6 Å². The molecule has 4 rings (SSSR count). The van der Waals surface area contributed by atoms with Crippen LogP contribution in [0.1, 0.15) is 22.3 Å². The normalized spacial score (nSPS) is 13.3. The molecule has 0 saturated heterocycles. The lowest BCUT2D eigenvalue weighted by Gasteiger charge is -2.14. The molecule has 1 aliphatic rings. The van der Waals surface area contributed by atoms with Gasteiger partial charge >= 0.3 is 0 Å². The van der Waals surface area contributed by atoms with Crippen LogP contribution in [0.3, 0.4) is 0 Å². The molecule has 0 saturated carbocycles. The monoisotopic (exact) mass is 535 g/mol. The fourth-order valence-corrected chi connectivity index (χ4v) is 4.85. The molecule has 0 fully saturated rings. The Bertz CT molecular complexity index is 1340. The van der Waals surface area contributed by atoms with E-state index < -0.39 is 0 Å². The highest BCUT2D eigenvalue weighted by molar-refractivity contribution is 8.04. The van der Waals surface area contributed by atoms with Crippen LogP contribution in [0.2, 0.25) is 5.02 Å². The van der Waals surface area contributed by atoms with Crippen LogP contribution in [-0.2, 0) is 14.3 Å². The number of amides is 3. The zero-order chi connectivity index (χ0) is 26.4. The van der Waals surface area contributed by atoms with Crippen molar-refractivity contribution in [3.05, 3.63) is 99.5 Å². The summed E-state index contributed by atoms with van der Waals surface area (Å²) in [6, 6.07) is 21.5. The van der Waals surface area contributed by atoms with Gasteiger partial charge in [0.2, 0.25) is 0 Å². The molecule has 1 heterocycles. The summed E-state index contributed by atoms with van der Waals surface area (Å²) in [5, 5.41) is 6.33. The van der Waals surface area contributed by atoms with Crippen molar-refractivity contribution in [1.82, 2.24) is 4.90 Å². The first kappa shape index (κ1) is 26.5. The molecule has 0 atom stereocenters. The lowest BCUT2D eigenvalue weighted by molar-refractivity contribution is -0.137. The molecule has 3 aromatic carbocycles. The fourth-order valence-electron chi connectivity index (χ4n) is 3.68. The SMILES string of the molecule is COCCCN1C(=O)C(Nc2ccc(C)cc2)=C(Sc2ccc(NC(=O)c3ccccc3Cl)cc2)C1=O. The first-order valence-corrected chi connectivity index (χ1v) is 12.8. The summed E-state index contributed by atoms with van der Waals surface area (Å²) in [6.45, 7) is 2.69. The molecule has 0 spiro atoms. The Kier molecular flexibility index (Phi) is 8.66. The molecule has 3 aromatic rings. The third-order valence-electron chi connectivity index (χ3n) is 5.63. The number of benzene rings is 3. The number of rotatable bonds is 10. The van der Waals surface area contributed by atoms with Crippen LogP contribution >= 0.6 is 23.4 Å². The highest BCUT2D eigenvalue weighted by atomic mass is 35.5. The summed E-state index contributed by atoms with van der Waals surface area (Å²) in [6.07, 6.45) is 0.545. The van der Waals surface area contributed by atoms with Gasteiger partial charge in [-0.25, -0.2) is 0 Å². The summed E-state index contributed by atoms with van der Waals surface area (Å²) in [4.78, 5) is 41.3. The van der Waals surface area contributed by atoms with E-state index in [2.05, 4.69) is 10.6 Å². The first-order chi connectivity index (χ1) is 17.9. The fraction of sp³-hybridized carbons (Fsp3) is 0.179. The summed E-state index contributed by atoms with van der Waals surface area (Å²) in [7, 11) is 1.58. The van der Waals surface area contributed by atoms with Crippen molar-refractivity contribution in [2.45, 2.75) is 18.2 Å². The van der Waals surface area contributed by atoms with E-state index in [9.17, 15) is 14.4 Å². The quantitative estimate of drug-likeness (QED) is 0.255. The Hall–Kier alpha value is -3.59. The van der Waals surface area contributed by atoms with E-state index in [1.165, 1.54) is 16.7 Å². The minimum Gasteiger partial charge on any atom is -0.385 e. The lowest BCUT2D eigenvalue weighted by Crippen LogP contribution is -2.33. The maximum Gasteiger partial charge on any atom is 0.278 e. The number of hydrogen-bond acceptors (Lipinski definition) is 6. The largest absolute Gasteiger partial charge is 0.385 e. The van der Waals surface area contributed by atoms with Gasteiger partial charge < -0.3 is 15.4 Å². The second-order valence-corrected chi connectivity index (χ2v) is 9.85. The number of anilines is 2. The van der Waals surface area contributed by atoms with E-state index in [-0.39, 0.29) is 30.0 Å². The van der Waals surface area contributed by atoms with E-state index in [4.69, 9.17) is 16.3 Å². The number of ether oxygens (including phenoxy) is 1. The Labute approximate surface area is 224 Å². The van der Waals surface area contributed by atoms with Crippen LogP contribution in [0.15, 0.2) is 88.3 Å². The molecule has 2 N–H and O–H groups in total. The molecule has 37 heavy (non-hydrogen) atoms. The molecule has 7 nitrogen and oxygen atoms in total. The minimum absolute atomic E-state index is 0.243. The van der Waals surface area contributed by atoms with E-state index in [0.717, 1.165) is 16.1 Å². The Morgan fingerprint density at radius 3 is 2.30 bits per heavy atom. The molecule has 0 aromatic heterocycles. The maximum absolute atomic E-state index is 13.2. The molecular formula is C28H26ClN3O4S. The van der Waals surface area contributed by atoms with Gasteiger partial charge in [0, 0.05) is 36.5 Å². The van der Waals surface area contributed by atoms with E-state index >= 15 is 0 Å². The van der Waals surface area contributed by atoms with Crippen LogP contribution in [0.5, 0.6) is 0 Å². The van der Waals surface area contributed by atoms with Crippen molar-refractivity contribution < 1.29 is 19.1 Å². The van der Waals surface area contributed by atoms with Gasteiger partial charge in [0.1, 0.15) is 10.6 Å². The smallest absolute Gasteiger partial charge is 0.278 e. The Balaban J connectivity index is 1.53. The highest BCUT2D eigenvalue weighted by Crippen LogP contribution is 2.36. The zero-order valence-corrected chi connectivity index (χ0v) is 22.0. The Morgan fingerprint density at radius 1 is 0.946 bits per heavy atom. The number of aryl methyl sites for hydroxylation is 1. The number of nitrogens with zero attached hydrogens (tertiary/aromatic N) is 1. The molecule has 190 valence electrons. The van der Waals surface area contributed by atoms with E-state index in [0.29, 0.717) is 34.2 Å². The van der Waals surface area contributed by atoms with Crippen LogP contribution < -0.4 is 10.6 Å². The number of halogens is 1. The van der Waals surface area contributed by atoms with Crippen LogP contribution in [0, 0.1) is 6.92 Å². The van der Waals surface area contributed by atoms with Gasteiger partial charge in [0.25, 0.3) is 17.7 Å². The molecule has 0 radical (unpaired) electrons. The predicted molar refractivity (Wildman–Crippen MR) is 147 cm³/mol. The van der Waals surface area contributed by atoms with Gasteiger partial charge in [-0.2, -0.15) is 0 Å². The lowest BCUT2D eigenvalue weighted by atomic mass is 10.2. The number of thioether (sulfide) groups is 1. The average molecular weight is 536 g/mol. The standard InChI is InChI=1S/C28H26ClN3O4S/c1-18-8-10-19(11-9-18)30-24-25(28(35)32(27(24)34)16-5-17-36-2)37-21-14-12-20(13-15-21)31-26(33)22-6-3-4-7-23(22)29/h3-4,6-15,30H,5,16-17H2,1-2H3,(H,31,33). The summed E-state index contributed by atoms with van der Waals surface area (Å²) >= 11 is 7.32. The molecular weight excluding hydrogens is 510 g/mol. The Morgan fingerprint density at radius 2 is 1.62 bits per heavy atom. The van der Waals surface area contributed by atoms with Gasteiger partial charge in [-0.1, -0.05) is 53.2 Å². The van der Waals surface area contributed by atoms with Gasteiger partial charge in [-0.15, -0.1) is 0 Å². The van der Waals surface area contributed by atoms with Crippen molar-refractivity contribution in [3.63, 3.8) is 0 Å². The predicted octanol–water partition coefficient (Wildman–Crippen LogP) is 5.72. The number of methoxy groups -OCH3 is 1. The summed E-state index contributed by atoms with van der Waals surface area (Å²) in [5.74, 6) is -1.04. The van der Waals surface area contributed by atoms with Crippen LogP contribution in [0.4, 0.5) is 11.4 Å². The van der Waals surface area contributed by atoms with Crippen molar-refractivity contribution in [1.29, 1.82) is 0 Å². The number of hydrogen-bond donors (Lipinski definition) is 2. The van der Waals surface area contributed by atoms with Crippen LogP contribution in [-0.4, -0.2) is 42.9 Å².